The van der Waals surface area contributed by atoms with Gasteiger partial charge in [0, 0.05) is 30.9 Å². The lowest BCUT2D eigenvalue weighted by Gasteiger charge is -2.21. The SMILES string of the molecule is CC1CCCN(C(=O)c2cc([N+](=O)[O-])ccc2N)CC1. The van der Waals surface area contributed by atoms with Gasteiger partial charge in [0.1, 0.15) is 0 Å². The molecule has 2 rings (SSSR count). The van der Waals surface area contributed by atoms with Gasteiger partial charge in [-0.25, -0.2) is 0 Å². The zero-order chi connectivity index (χ0) is 14.7. The molecule has 1 aliphatic rings. The summed E-state index contributed by atoms with van der Waals surface area (Å²) in [5.74, 6) is 0.399. The van der Waals surface area contributed by atoms with Gasteiger partial charge in [0.05, 0.1) is 10.5 Å². The molecule has 0 aromatic heterocycles. The summed E-state index contributed by atoms with van der Waals surface area (Å²) in [6, 6.07) is 4.01. The number of carbonyl (C=O) groups is 1. The summed E-state index contributed by atoms with van der Waals surface area (Å²) >= 11 is 0. The third kappa shape index (κ3) is 3.07. The van der Waals surface area contributed by atoms with Gasteiger partial charge in [0.25, 0.3) is 11.6 Å². The Hall–Kier alpha value is -2.11. The van der Waals surface area contributed by atoms with Gasteiger partial charge in [-0.2, -0.15) is 0 Å². The molecule has 1 fully saturated rings. The second-order valence-electron chi connectivity index (χ2n) is 5.36. The van der Waals surface area contributed by atoms with Gasteiger partial charge in [-0.1, -0.05) is 6.92 Å². The Kier molecular flexibility index (Phi) is 4.22. The van der Waals surface area contributed by atoms with Crippen molar-refractivity contribution in [2.75, 3.05) is 18.8 Å². The fourth-order valence-electron chi connectivity index (χ4n) is 2.48. The molecule has 0 radical (unpaired) electrons. The van der Waals surface area contributed by atoms with Crippen LogP contribution in [0.1, 0.15) is 36.5 Å². The van der Waals surface area contributed by atoms with Crippen molar-refractivity contribution in [2.24, 2.45) is 5.92 Å². The number of nitro groups is 1. The van der Waals surface area contributed by atoms with Gasteiger partial charge in [-0.3, -0.25) is 14.9 Å². The summed E-state index contributed by atoms with van der Waals surface area (Å²) in [7, 11) is 0. The topological polar surface area (TPSA) is 89.5 Å². The van der Waals surface area contributed by atoms with E-state index in [0.29, 0.717) is 19.0 Å². The zero-order valence-electron chi connectivity index (χ0n) is 11.5. The molecule has 0 bridgehead atoms. The maximum atomic E-state index is 12.5. The van der Waals surface area contributed by atoms with Gasteiger partial charge in [-0.05, 0) is 31.2 Å². The Morgan fingerprint density at radius 2 is 2.15 bits per heavy atom. The Balaban J connectivity index is 2.23. The average Bonchev–Trinajstić information content (AvgIpc) is 2.63. The van der Waals surface area contributed by atoms with Crippen LogP contribution in [0.2, 0.25) is 0 Å². The number of rotatable bonds is 2. The van der Waals surface area contributed by atoms with Gasteiger partial charge in [0.2, 0.25) is 0 Å². The first kappa shape index (κ1) is 14.3. The molecule has 1 aromatic rings. The fraction of sp³-hybridized carbons (Fsp3) is 0.500. The second-order valence-corrected chi connectivity index (χ2v) is 5.36. The van der Waals surface area contributed by atoms with E-state index in [4.69, 9.17) is 5.73 Å². The summed E-state index contributed by atoms with van der Waals surface area (Å²) in [4.78, 5) is 24.5. The fourth-order valence-corrected chi connectivity index (χ4v) is 2.48. The summed E-state index contributed by atoms with van der Waals surface area (Å²) in [5, 5.41) is 10.8. The number of amides is 1. The molecule has 20 heavy (non-hydrogen) atoms. The number of likely N-dealkylation sites (tertiary alicyclic amines) is 1. The number of anilines is 1. The highest BCUT2D eigenvalue weighted by Gasteiger charge is 2.23. The van der Waals surface area contributed by atoms with Gasteiger partial charge >= 0.3 is 0 Å². The molecule has 1 aliphatic heterocycles. The lowest BCUT2D eigenvalue weighted by Crippen LogP contribution is -2.32. The van der Waals surface area contributed by atoms with E-state index in [9.17, 15) is 14.9 Å². The van der Waals surface area contributed by atoms with Crippen LogP contribution in [0.4, 0.5) is 11.4 Å². The summed E-state index contributed by atoms with van der Waals surface area (Å²) < 4.78 is 0. The van der Waals surface area contributed by atoms with E-state index in [1.165, 1.54) is 18.2 Å². The van der Waals surface area contributed by atoms with Crippen LogP contribution in [-0.2, 0) is 0 Å². The highest BCUT2D eigenvalue weighted by molar-refractivity contribution is 5.99. The predicted molar refractivity (Wildman–Crippen MR) is 76.4 cm³/mol. The molecule has 1 amide bonds. The lowest BCUT2D eigenvalue weighted by molar-refractivity contribution is -0.384. The van der Waals surface area contributed by atoms with E-state index in [0.717, 1.165) is 19.3 Å². The molecule has 1 atom stereocenters. The smallest absolute Gasteiger partial charge is 0.270 e. The van der Waals surface area contributed by atoms with Crippen LogP contribution in [0.5, 0.6) is 0 Å². The number of carbonyl (C=O) groups excluding carboxylic acids is 1. The number of non-ortho nitro benzene ring substituents is 1. The van der Waals surface area contributed by atoms with E-state index >= 15 is 0 Å². The van der Waals surface area contributed by atoms with E-state index in [-0.39, 0.29) is 22.8 Å². The molecule has 2 N–H and O–H groups in total. The number of hydrogen-bond acceptors (Lipinski definition) is 4. The molecule has 0 spiro atoms. The zero-order valence-corrected chi connectivity index (χ0v) is 11.5. The number of nitrogens with zero attached hydrogens (tertiary/aromatic N) is 2. The van der Waals surface area contributed by atoms with Crippen LogP contribution in [0.15, 0.2) is 18.2 Å². The first-order chi connectivity index (χ1) is 9.49. The Bertz CT molecular complexity index is 530. The molecular formula is C14H19N3O3. The van der Waals surface area contributed by atoms with Crippen molar-refractivity contribution in [3.05, 3.63) is 33.9 Å². The number of nitrogens with two attached hydrogens (primary N) is 1. The number of nitro benzene ring substituents is 1. The molecule has 6 heteroatoms. The van der Waals surface area contributed by atoms with Crippen LogP contribution in [0, 0.1) is 16.0 Å². The average molecular weight is 277 g/mol. The number of hydrogen-bond donors (Lipinski definition) is 1. The van der Waals surface area contributed by atoms with Gasteiger partial charge < -0.3 is 10.6 Å². The minimum Gasteiger partial charge on any atom is -0.398 e. The minimum absolute atomic E-state index is 0.106. The van der Waals surface area contributed by atoms with Crippen molar-refractivity contribution in [1.29, 1.82) is 0 Å². The van der Waals surface area contributed by atoms with Crippen molar-refractivity contribution in [3.63, 3.8) is 0 Å². The first-order valence-corrected chi connectivity index (χ1v) is 6.82. The maximum absolute atomic E-state index is 12.5. The van der Waals surface area contributed by atoms with Gasteiger partial charge in [-0.15, -0.1) is 0 Å². The van der Waals surface area contributed by atoms with E-state index in [1.54, 1.807) is 4.90 Å². The monoisotopic (exact) mass is 277 g/mol. The second kappa shape index (κ2) is 5.90. The molecule has 0 saturated carbocycles. The summed E-state index contributed by atoms with van der Waals surface area (Å²) in [5.41, 5.74) is 6.21. The molecule has 1 saturated heterocycles. The normalized spacial score (nSPS) is 19.4. The van der Waals surface area contributed by atoms with Crippen molar-refractivity contribution in [1.82, 2.24) is 4.90 Å². The quantitative estimate of drug-likeness (QED) is 0.510. The molecule has 108 valence electrons. The molecule has 1 unspecified atom stereocenters. The van der Waals surface area contributed by atoms with E-state index in [2.05, 4.69) is 6.92 Å². The van der Waals surface area contributed by atoms with Crippen molar-refractivity contribution < 1.29 is 9.72 Å². The highest BCUT2D eigenvalue weighted by atomic mass is 16.6. The van der Waals surface area contributed by atoms with Crippen LogP contribution < -0.4 is 5.73 Å². The van der Waals surface area contributed by atoms with E-state index < -0.39 is 4.92 Å². The molecular weight excluding hydrogens is 258 g/mol. The van der Waals surface area contributed by atoms with Crippen molar-refractivity contribution in [2.45, 2.75) is 26.2 Å². The maximum Gasteiger partial charge on any atom is 0.270 e. The van der Waals surface area contributed by atoms with Crippen molar-refractivity contribution in [3.8, 4) is 0 Å². The standard InChI is InChI=1S/C14H19N3O3/c1-10-3-2-7-16(8-6-10)14(18)12-9-11(17(19)20)4-5-13(12)15/h4-5,9-10H,2-3,6-8,15H2,1H3. The number of nitrogen functional groups attached to an aromatic ring is 1. The third-order valence-corrected chi connectivity index (χ3v) is 3.78. The van der Waals surface area contributed by atoms with Crippen LogP contribution in [0.3, 0.4) is 0 Å². The van der Waals surface area contributed by atoms with Crippen LogP contribution >= 0.6 is 0 Å². The molecule has 1 heterocycles. The molecule has 6 nitrogen and oxygen atoms in total. The predicted octanol–water partition coefficient (Wildman–Crippen LogP) is 2.44. The highest BCUT2D eigenvalue weighted by Crippen LogP contribution is 2.23. The van der Waals surface area contributed by atoms with E-state index in [1.807, 2.05) is 0 Å². The van der Waals surface area contributed by atoms with Crippen LogP contribution in [-0.4, -0.2) is 28.8 Å². The Labute approximate surface area is 117 Å². The minimum atomic E-state index is -0.513. The molecule has 0 aliphatic carbocycles. The Morgan fingerprint density at radius 1 is 1.40 bits per heavy atom. The summed E-state index contributed by atoms with van der Waals surface area (Å²) in [6.45, 7) is 3.54. The van der Waals surface area contributed by atoms with Crippen molar-refractivity contribution >= 4 is 17.3 Å². The van der Waals surface area contributed by atoms with Crippen LogP contribution in [0.25, 0.3) is 0 Å². The molecule has 1 aromatic carbocycles. The lowest BCUT2D eigenvalue weighted by atomic mass is 10.0. The Morgan fingerprint density at radius 3 is 2.85 bits per heavy atom. The first-order valence-electron chi connectivity index (χ1n) is 6.82. The third-order valence-electron chi connectivity index (χ3n) is 3.78. The summed E-state index contributed by atoms with van der Waals surface area (Å²) in [6.07, 6.45) is 3.02. The largest absolute Gasteiger partial charge is 0.398 e. The van der Waals surface area contributed by atoms with Gasteiger partial charge in [0.15, 0.2) is 0 Å². The number of benzene rings is 1.